The molecule has 0 N–H and O–H groups in total. The lowest BCUT2D eigenvalue weighted by Gasteiger charge is -1.99. The molecule has 2 saturated heterocycles. The Balaban J connectivity index is 0.000000415. The summed E-state index contributed by atoms with van der Waals surface area (Å²) >= 11 is 3.98. The zero-order valence-corrected chi connectivity index (χ0v) is 12.2. The van der Waals surface area contributed by atoms with Crippen molar-refractivity contribution in [3.8, 4) is 0 Å². The lowest BCUT2D eigenvalue weighted by molar-refractivity contribution is -0.143. The maximum Gasteiger partial charge on any atom is 0.305 e. The van der Waals surface area contributed by atoms with Crippen molar-refractivity contribution in [2.24, 2.45) is 0 Å². The summed E-state index contributed by atoms with van der Waals surface area (Å²) in [6, 6.07) is 0. The molecule has 0 amide bonds. The number of carbonyl (C=O) groups excluding carboxylic acids is 1. The third kappa shape index (κ3) is 12.2. The van der Waals surface area contributed by atoms with Crippen LogP contribution in [0.5, 0.6) is 0 Å². The second-order valence-electron chi connectivity index (χ2n) is 3.96. The molecule has 0 aromatic carbocycles. The molecule has 98 valence electrons. The van der Waals surface area contributed by atoms with Crippen molar-refractivity contribution in [3.05, 3.63) is 12.2 Å². The number of ether oxygens (including phenoxy) is 1. The van der Waals surface area contributed by atoms with E-state index in [1.165, 1.54) is 17.3 Å². The van der Waals surface area contributed by atoms with Crippen LogP contribution >= 0.6 is 23.5 Å². The van der Waals surface area contributed by atoms with Crippen LogP contribution in [-0.2, 0) is 9.53 Å². The van der Waals surface area contributed by atoms with Crippen LogP contribution in [0.2, 0.25) is 0 Å². The summed E-state index contributed by atoms with van der Waals surface area (Å²) in [4.78, 5) is 11.0. The van der Waals surface area contributed by atoms with Crippen molar-refractivity contribution in [1.82, 2.24) is 0 Å². The van der Waals surface area contributed by atoms with Gasteiger partial charge in [0, 0.05) is 28.9 Å². The van der Waals surface area contributed by atoms with Crippen molar-refractivity contribution in [2.75, 3.05) is 23.9 Å². The highest BCUT2D eigenvalue weighted by atomic mass is 32.2. The highest BCUT2D eigenvalue weighted by Gasteiger charge is 2.17. The van der Waals surface area contributed by atoms with E-state index in [2.05, 4.69) is 12.2 Å². The molecule has 4 heteroatoms. The lowest BCUT2D eigenvalue weighted by Crippen LogP contribution is -2.02. The molecular weight excluding hydrogens is 252 g/mol. The quantitative estimate of drug-likeness (QED) is 0.307. The minimum absolute atomic E-state index is 0.0609. The smallest absolute Gasteiger partial charge is 0.305 e. The second-order valence-corrected chi connectivity index (χ2v) is 6.46. The molecule has 2 heterocycles. The third-order valence-corrected chi connectivity index (χ3v) is 3.50. The van der Waals surface area contributed by atoms with Crippen LogP contribution in [0.25, 0.3) is 0 Å². The Morgan fingerprint density at radius 1 is 1.41 bits per heavy atom. The van der Waals surface area contributed by atoms with Crippen molar-refractivity contribution >= 4 is 29.5 Å². The number of thioether (sulfide) groups is 2. The van der Waals surface area contributed by atoms with Crippen LogP contribution in [-0.4, -0.2) is 35.1 Å². The average Bonchev–Trinajstić information content (AvgIpc) is 3.19. The van der Waals surface area contributed by atoms with Gasteiger partial charge in [0.2, 0.25) is 0 Å². The molecule has 2 aliphatic rings. The molecule has 1 atom stereocenters. The predicted molar refractivity (Wildman–Crippen MR) is 77.8 cm³/mol. The molecule has 0 aliphatic carbocycles. The Kier molecular flexibility index (Phi) is 8.71. The van der Waals surface area contributed by atoms with Crippen molar-refractivity contribution in [1.29, 1.82) is 0 Å². The predicted octanol–water partition coefficient (Wildman–Crippen LogP) is 3.51. The van der Waals surface area contributed by atoms with E-state index in [9.17, 15) is 4.79 Å². The first-order valence-corrected chi connectivity index (χ1v) is 8.55. The van der Waals surface area contributed by atoms with E-state index in [4.69, 9.17) is 4.74 Å². The largest absolute Gasteiger partial charge is 0.466 e. The van der Waals surface area contributed by atoms with Gasteiger partial charge >= 0.3 is 5.97 Å². The summed E-state index contributed by atoms with van der Waals surface area (Å²) in [7, 11) is 0. The van der Waals surface area contributed by atoms with Crippen LogP contribution < -0.4 is 0 Å². The fraction of sp³-hybridized carbons (Fsp3) is 0.769. The van der Waals surface area contributed by atoms with Crippen LogP contribution in [0.4, 0.5) is 0 Å². The Hall–Kier alpha value is -0.0900. The van der Waals surface area contributed by atoms with E-state index in [0.29, 0.717) is 13.0 Å². The van der Waals surface area contributed by atoms with E-state index in [0.717, 1.165) is 24.5 Å². The number of carbonyl (C=O) groups is 1. The Labute approximate surface area is 113 Å². The summed E-state index contributed by atoms with van der Waals surface area (Å²) in [5.74, 6) is 4.06. The number of unbranched alkanes of at least 4 members (excludes halogenated alkanes) is 2. The zero-order chi connectivity index (χ0) is 12.3. The van der Waals surface area contributed by atoms with Crippen LogP contribution in [0.15, 0.2) is 12.2 Å². The zero-order valence-electron chi connectivity index (χ0n) is 10.5. The van der Waals surface area contributed by atoms with Crippen molar-refractivity contribution in [3.63, 3.8) is 0 Å². The van der Waals surface area contributed by atoms with E-state index >= 15 is 0 Å². The second kappa shape index (κ2) is 9.89. The maximum atomic E-state index is 11.0. The average molecular weight is 274 g/mol. The van der Waals surface area contributed by atoms with Gasteiger partial charge in [-0.25, -0.2) is 0 Å². The lowest BCUT2D eigenvalue weighted by atomic mass is 10.2. The van der Waals surface area contributed by atoms with Crippen molar-refractivity contribution in [2.45, 2.75) is 37.9 Å². The molecule has 2 nitrogen and oxygen atoms in total. The van der Waals surface area contributed by atoms with Gasteiger partial charge in [-0.1, -0.05) is 12.2 Å². The molecule has 0 aromatic heterocycles. The molecule has 0 radical (unpaired) electrons. The summed E-state index contributed by atoms with van der Waals surface area (Å²) in [5.41, 5.74) is 0. The van der Waals surface area contributed by atoms with E-state index in [-0.39, 0.29) is 5.97 Å². The highest BCUT2D eigenvalue weighted by Crippen LogP contribution is 2.31. The van der Waals surface area contributed by atoms with E-state index in [1.54, 1.807) is 0 Å². The normalized spacial score (nSPS) is 20.6. The maximum absolute atomic E-state index is 11.0. The number of allylic oxidation sites excluding steroid dienone is 1. The van der Waals surface area contributed by atoms with Gasteiger partial charge in [-0.05, 0) is 26.2 Å². The first-order chi connectivity index (χ1) is 8.33. The minimum atomic E-state index is -0.0609. The number of esters is 1. The summed E-state index contributed by atoms with van der Waals surface area (Å²) < 4.78 is 4.84. The van der Waals surface area contributed by atoms with Gasteiger partial charge in [0.05, 0.1) is 6.61 Å². The number of hydrogen-bond acceptors (Lipinski definition) is 4. The first kappa shape index (κ1) is 15.0. The molecule has 2 fully saturated rings. The topological polar surface area (TPSA) is 26.3 Å². The molecule has 2 aliphatic heterocycles. The summed E-state index contributed by atoms with van der Waals surface area (Å²) in [5, 5.41) is 0.792. The van der Waals surface area contributed by atoms with Crippen LogP contribution in [0, 0.1) is 0 Å². The molecule has 17 heavy (non-hydrogen) atoms. The number of rotatable bonds is 7. The van der Waals surface area contributed by atoms with E-state index in [1.807, 2.05) is 30.4 Å². The Morgan fingerprint density at radius 2 is 2.12 bits per heavy atom. The van der Waals surface area contributed by atoms with Gasteiger partial charge in [-0.15, -0.1) is 0 Å². The van der Waals surface area contributed by atoms with Gasteiger partial charge in [0.25, 0.3) is 0 Å². The van der Waals surface area contributed by atoms with Crippen molar-refractivity contribution < 1.29 is 9.53 Å². The molecular formula is C13H22O2S2. The summed E-state index contributed by atoms with van der Waals surface area (Å²) in [6.45, 7) is 2.34. The monoisotopic (exact) mass is 274 g/mol. The van der Waals surface area contributed by atoms with Gasteiger partial charge < -0.3 is 4.74 Å². The molecule has 0 bridgehead atoms. The van der Waals surface area contributed by atoms with Gasteiger partial charge in [0.15, 0.2) is 0 Å². The highest BCUT2D eigenvalue weighted by molar-refractivity contribution is 8.07. The Morgan fingerprint density at radius 3 is 2.65 bits per heavy atom. The van der Waals surface area contributed by atoms with Crippen LogP contribution in [0.3, 0.4) is 0 Å². The van der Waals surface area contributed by atoms with Gasteiger partial charge in [-0.3, -0.25) is 4.79 Å². The third-order valence-electron chi connectivity index (χ3n) is 2.22. The van der Waals surface area contributed by atoms with Gasteiger partial charge in [-0.2, -0.15) is 23.5 Å². The summed E-state index contributed by atoms with van der Waals surface area (Å²) in [6.07, 6.45) is 8.20. The van der Waals surface area contributed by atoms with Gasteiger partial charge in [0.1, 0.15) is 0 Å². The number of hydrogen-bond donors (Lipinski definition) is 0. The van der Waals surface area contributed by atoms with Crippen LogP contribution in [0.1, 0.15) is 32.6 Å². The molecule has 0 spiro atoms. The van der Waals surface area contributed by atoms with E-state index < -0.39 is 0 Å². The Bertz CT molecular complexity index is 233. The molecule has 2 rings (SSSR count). The standard InChI is InChI=1S/C11H18O2S.C2H4S/c1-2-13-11(12)8-6-4-3-5-7-10-9-14-10;1-2-3-1/h5,7,10H,2-4,6,8-9H2,1H3;1-2H2/b7-5+;. The minimum Gasteiger partial charge on any atom is -0.466 e. The first-order valence-electron chi connectivity index (χ1n) is 6.34. The SMILES string of the molecule is C1CS1.CCOC(=O)CCCC/C=C/C1CS1. The molecule has 0 saturated carbocycles. The molecule has 0 aromatic rings. The molecule has 1 unspecified atom stereocenters. The fourth-order valence-corrected chi connectivity index (χ4v) is 1.62. The fourth-order valence-electron chi connectivity index (χ4n) is 1.18.